The van der Waals surface area contributed by atoms with Crippen molar-refractivity contribution >= 4 is 28.1 Å². The van der Waals surface area contributed by atoms with Gasteiger partial charge in [-0.2, -0.15) is 0 Å². The van der Waals surface area contributed by atoms with Crippen LogP contribution in [-0.4, -0.2) is 11.3 Å². The van der Waals surface area contributed by atoms with E-state index >= 15 is 0 Å². The predicted octanol–water partition coefficient (Wildman–Crippen LogP) is 5.04. The third kappa shape index (κ3) is 2.42. The largest absolute Gasteiger partial charge is 0.355 e. The molecule has 0 bridgehead atoms. The van der Waals surface area contributed by atoms with Crippen molar-refractivity contribution in [3.8, 4) is 0 Å². The van der Waals surface area contributed by atoms with Crippen LogP contribution in [0, 0.1) is 0 Å². The lowest BCUT2D eigenvalue weighted by molar-refractivity contribution is -0.108. The van der Waals surface area contributed by atoms with Crippen molar-refractivity contribution in [2.24, 2.45) is 0 Å². The SMILES string of the molecule is O=CCC(c1ccccc1)c1ccc2[nH]c3ccccc3c2c1. The van der Waals surface area contributed by atoms with Gasteiger partial charge in [0.1, 0.15) is 6.29 Å². The minimum Gasteiger partial charge on any atom is -0.355 e. The van der Waals surface area contributed by atoms with E-state index in [1.165, 1.54) is 21.9 Å². The van der Waals surface area contributed by atoms with E-state index in [0.29, 0.717) is 6.42 Å². The lowest BCUT2D eigenvalue weighted by Gasteiger charge is -2.15. The van der Waals surface area contributed by atoms with Crippen LogP contribution in [0.15, 0.2) is 72.8 Å². The zero-order chi connectivity index (χ0) is 15.6. The Balaban J connectivity index is 1.89. The predicted molar refractivity (Wildman–Crippen MR) is 94.8 cm³/mol. The van der Waals surface area contributed by atoms with Gasteiger partial charge in [0, 0.05) is 34.1 Å². The average Bonchev–Trinajstić information content (AvgIpc) is 2.98. The summed E-state index contributed by atoms with van der Waals surface area (Å²) in [5.74, 6) is 0.103. The molecule has 1 aromatic heterocycles. The second kappa shape index (κ2) is 5.73. The normalized spacial score (nSPS) is 12.5. The number of rotatable bonds is 4. The zero-order valence-corrected chi connectivity index (χ0v) is 12.7. The fraction of sp³-hybridized carbons (Fsp3) is 0.0952. The van der Waals surface area contributed by atoms with Gasteiger partial charge >= 0.3 is 0 Å². The summed E-state index contributed by atoms with van der Waals surface area (Å²) in [5.41, 5.74) is 4.64. The molecular weight excluding hydrogens is 282 g/mol. The van der Waals surface area contributed by atoms with Crippen LogP contribution in [0.2, 0.25) is 0 Å². The third-order valence-corrected chi connectivity index (χ3v) is 4.47. The highest BCUT2D eigenvalue weighted by molar-refractivity contribution is 6.07. The molecule has 0 amide bonds. The summed E-state index contributed by atoms with van der Waals surface area (Å²) in [5, 5.41) is 2.44. The minimum absolute atomic E-state index is 0.103. The van der Waals surface area contributed by atoms with Gasteiger partial charge in [-0.25, -0.2) is 0 Å². The Labute approximate surface area is 134 Å². The van der Waals surface area contributed by atoms with E-state index in [-0.39, 0.29) is 5.92 Å². The second-order valence-corrected chi connectivity index (χ2v) is 5.84. The van der Waals surface area contributed by atoms with Crippen LogP contribution >= 0.6 is 0 Å². The molecule has 1 atom stereocenters. The number of carbonyl (C=O) groups is 1. The van der Waals surface area contributed by atoms with Crippen molar-refractivity contribution in [3.05, 3.63) is 83.9 Å². The quantitative estimate of drug-likeness (QED) is 0.526. The van der Waals surface area contributed by atoms with Gasteiger partial charge in [0.25, 0.3) is 0 Å². The number of aromatic amines is 1. The monoisotopic (exact) mass is 299 g/mol. The van der Waals surface area contributed by atoms with Crippen molar-refractivity contribution < 1.29 is 4.79 Å². The smallest absolute Gasteiger partial charge is 0.120 e. The minimum atomic E-state index is 0.103. The Bertz CT molecular complexity index is 969. The fourth-order valence-corrected chi connectivity index (χ4v) is 3.33. The molecule has 1 N–H and O–H groups in total. The first-order valence-corrected chi connectivity index (χ1v) is 7.86. The molecule has 0 fully saturated rings. The maximum Gasteiger partial charge on any atom is 0.120 e. The molecule has 0 radical (unpaired) electrons. The van der Waals surface area contributed by atoms with Crippen molar-refractivity contribution in [1.29, 1.82) is 0 Å². The van der Waals surface area contributed by atoms with Gasteiger partial charge in [0.2, 0.25) is 0 Å². The van der Waals surface area contributed by atoms with E-state index in [1.807, 2.05) is 24.3 Å². The van der Waals surface area contributed by atoms with Crippen LogP contribution in [-0.2, 0) is 4.79 Å². The summed E-state index contributed by atoms with van der Waals surface area (Å²) >= 11 is 0. The molecule has 112 valence electrons. The van der Waals surface area contributed by atoms with E-state index in [2.05, 4.69) is 53.5 Å². The molecule has 1 unspecified atom stereocenters. The van der Waals surface area contributed by atoms with E-state index in [1.54, 1.807) is 0 Å². The molecule has 4 rings (SSSR count). The molecule has 0 aliphatic carbocycles. The highest BCUT2D eigenvalue weighted by Gasteiger charge is 2.15. The number of fused-ring (bicyclic) bond motifs is 3. The summed E-state index contributed by atoms with van der Waals surface area (Å²) < 4.78 is 0. The number of hydrogen-bond donors (Lipinski definition) is 1. The first kappa shape index (κ1) is 13.8. The Morgan fingerprint density at radius 2 is 1.52 bits per heavy atom. The number of H-pyrrole nitrogens is 1. The zero-order valence-electron chi connectivity index (χ0n) is 12.7. The summed E-state index contributed by atoms with van der Waals surface area (Å²) in [7, 11) is 0. The summed E-state index contributed by atoms with van der Waals surface area (Å²) in [6.45, 7) is 0. The Hall–Kier alpha value is -2.87. The maximum atomic E-state index is 11.2. The van der Waals surface area contributed by atoms with Gasteiger partial charge in [-0.05, 0) is 29.3 Å². The van der Waals surface area contributed by atoms with Gasteiger partial charge in [-0.1, -0.05) is 54.6 Å². The first-order chi connectivity index (χ1) is 11.4. The molecule has 1 heterocycles. The van der Waals surface area contributed by atoms with E-state index < -0.39 is 0 Å². The topological polar surface area (TPSA) is 32.9 Å². The van der Waals surface area contributed by atoms with E-state index in [0.717, 1.165) is 17.3 Å². The molecule has 3 aromatic carbocycles. The highest BCUT2D eigenvalue weighted by atomic mass is 16.1. The Morgan fingerprint density at radius 1 is 0.783 bits per heavy atom. The highest BCUT2D eigenvalue weighted by Crippen LogP contribution is 2.32. The molecule has 0 aliphatic rings. The summed E-state index contributed by atoms with van der Waals surface area (Å²) in [6.07, 6.45) is 1.51. The van der Waals surface area contributed by atoms with Crippen LogP contribution < -0.4 is 0 Å². The summed E-state index contributed by atoms with van der Waals surface area (Å²) in [6, 6.07) is 25.0. The Morgan fingerprint density at radius 3 is 2.35 bits per heavy atom. The molecule has 4 aromatic rings. The van der Waals surface area contributed by atoms with Gasteiger partial charge in [-0.15, -0.1) is 0 Å². The van der Waals surface area contributed by atoms with E-state index in [9.17, 15) is 4.79 Å². The standard InChI is InChI=1S/C21H17NO/c23-13-12-17(15-6-2-1-3-7-15)16-10-11-21-19(14-16)18-8-4-5-9-20(18)22-21/h1-11,13-14,17,22H,12H2. The Kier molecular flexibility index (Phi) is 3.43. The summed E-state index contributed by atoms with van der Waals surface area (Å²) in [4.78, 5) is 14.6. The van der Waals surface area contributed by atoms with Crippen LogP contribution in [0.4, 0.5) is 0 Å². The number of benzene rings is 3. The number of para-hydroxylation sites is 1. The first-order valence-electron chi connectivity index (χ1n) is 7.86. The van der Waals surface area contributed by atoms with Crippen molar-refractivity contribution in [3.63, 3.8) is 0 Å². The molecular formula is C21H17NO. The molecule has 0 saturated heterocycles. The molecule has 2 nitrogen and oxygen atoms in total. The van der Waals surface area contributed by atoms with Crippen LogP contribution in [0.3, 0.4) is 0 Å². The fourth-order valence-electron chi connectivity index (χ4n) is 3.33. The third-order valence-electron chi connectivity index (χ3n) is 4.47. The van der Waals surface area contributed by atoms with Gasteiger partial charge < -0.3 is 9.78 Å². The van der Waals surface area contributed by atoms with Crippen LogP contribution in [0.1, 0.15) is 23.5 Å². The molecule has 2 heteroatoms. The van der Waals surface area contributed by atoms with Crippen LogP contribution in [0.25, 0.3) is 21.8 Å². The second-order valence-electron chi connectivity index (χ2n) is 5.84. The number of nitrogens with one attached hydrogen (secondary N) is 1. The maximum absolute atomic E-state index is 11.2. The number of carbonyl (C=O) groups excluding carboxylic acids is 1. The van der Waals surface area contributed by atoms with Gasteiger partial charge in [0.15, 0.2) is 0 Å². The van der Waals surface area contributed by atoms with Crippen molar-refractivity contribution in [2.45, 2.75) is 12.3 Å². The molecule has 0 aliphatic heterocycles. The molecule has 23 heavy (non-hydrogen) atoms. The van der Waals surface area contributed by atoms with Gasteiger partial charge in [-0.3, -0.25) is 0 Å². The van der Waals surface area contributed by atoms with Crippen molar-refractivity contribution in [1.82, 2.24) is 4.98 Å². The number of aromatic nitrogens is 1. The molecule has 0 spiro atoms. The molecule has 0 saturated carbocycles. The number of hydrogen-bond acceptors (Lipinski definition) is 1. The van der Waals surface area contributed by atoms with E-state index in [4.69, 9.17) is 0 Å². The van der Waals surface area contributed by atoms with Crippen molar-refractivity contribution in [2.75, 3.05) is 0 Å². The average molecular weight is 299 g/mol. The van der Waals surface area contributed by atoms with Gasteiger partial charge in [0.05, 0.1) is 0 Å². The van der Waals surface area contributed by atoms with Crippen LogP contribution in [0.5, 0.6) is 0 Å². The lowest BCUT2D eigenvalue weighted by atomic mass is 9.88. The number of aldehydes is 1. The lowest BCUT2D eigenvalue weighted by Crippen LogP contribution is -2.01.